The van der Waals surface area contributed by atoms with Crippen LogP contribution in [0.3, 0.4) is 0 Å². The number of benzene rings is 1. The van der Waals surface area contributed by atoms with Crippen molar-refractivity contribution in [3.05, 3.63) is 46.8 Å². The Bertz CT molecular complexity index is 1440. The van der Waals surface area contributed by atoms with Crippen LogP contribution < -0.4 is 5.32 Å². The molecule has 11 nitrogen and oxygen atoms in total. The number of carbonyl (C=O) groups is 2. The maximum Gasteiger partial charge on any atom is 0.246 e. The van der Waals surface area contributed by atoms with Gasteiger partial charge in [0.25, 0.3) is 0 Å². The summed E-state index contributed by atoms with van der Waals surface area (Å²) in [6, 6.07) is 6.64. The van der Waals surface area contributed by atoms with E-state index in [1.165, 1.54) is 0 Å². The summed E-state index contributed by atoms with van der Waals surface area (Å²) in [4.78, 5) is 34.3. The van der Waals surface area contributed by atoms with E-state index in [1.54, 1.807) is 16.4 Å². The van der Waals surface area contributed by atoms with Gasteiger partial charge in [0.05, 0.1) is 16.6 Å². The SMILES string of the molecule is CCCCN1C(=O)[C@H](CC(C)C)NC(=O)C12CCN(C(c1ccc(S(=O)(=O)N3CCN(C)CC3)cc1)c1c(C)n[nH]c1C)CC2.Cl. The number of aromatic amines is 1. The predicted molar refractivity (Wildman–Crippen MR) is 181 cm³/mol. The van der Waals surface area contributed by atoms with Crippen LogP contribution in [0.25, 0.3) is 0 Å². The van der Waals surface area contributed by atoms with E-state index in [0.717, 1.165) is 35.4 Å². The lowest BCUT2D eigenvalue weighted by Gasteiger charge is -2.52. The van der Waals surface area contributed by atoms with Gasteiger partial charge in [-0.2, -0.15) is 9.40 Å². The number of aromatic nitrogens is 2. The number of aryl methyl sites for hydroxylation is 2. The van der Waals surface area contributed by atoms with Gasteiger partial charge in [0.1, 0.15) is 11.6 Å². The number of rotatable bonds is 10. The second-order valence-corrected chi connectivity index (χ2v) is 15.5. The molecule has 3 fully saturated rings. The van der Waals surface area contributed by atoms with Crippen molar-refractivity contribution in [2.24, 2.45) is 5.92 Å². The van der Waals surface area contributed by atoms with Crippen LogP contribution in [0.15, 0.2) is 29.2 Å². The second kappa shape index (κ2) is 14.7. The van der Waals surface area contributed by atoms with Crippen molar-refractivity contribution in [3.63, 3.8) is 0 Å². The number of hydrogen-bond acceptors (Lipinski definition) is 7. The third-order valence-electron chi connectivity index (χ3n) is 10.00. The highest BCUT2D eigenvalue weighted by molar-refractivity contribution is 7.89. The third kappa shape index (κ3) is 7.01. The van der Waals surface area contributed by atoms with Gasteiger partial charge in [0.15, 0.2) is 0 Å². The van der Waals surface area contributed by atoms with E-state index in [2.05, 4.69) is 46.1 Å². The molecular formula is C33H52ClN7O4S. The fourth-order valence-corrected chi connectivity index (χ4v) is 8.74. The highest BCUT2D eigenvalue weighted by Gasteiger charge is 2.54. The quantitative estimate of drug-likeness (QED) is 0.395. The monoisotopic (exact) mass is 677 g/mol. The molecule has 5 rings (SSSR count). The molecule has 0 radical (unpaired) electrons. The summed E-state index contributed by atoms with van der Waals surface area (Å²) < 4.78 is 28.5. The molecule has 1 unspecified atom stereocenters. The topological polar surface area (TPSA) is 122 Å². The number of likely N-dealkylation sites (tertiary alicyclic amines) is 1. The fraction of sp³-hybridized carbons (Fsp3) is 0.667. The molecular weight excluding hydrogens is 626 g/mol. The van der Waals surface area contributed by atoms with E-state index in [1.807, 2.05) is 37.9 Å². The largest absolute Gasteiger partial charge is 0.342 e. The summed E-state index contributed by atoms with van der Waals surface area (Å²) >= 11 is 0. The van der Waals surface area contributed by atoms with Crippen molar-refractivity contribution < 1.29 is 18.0 Å². The first-order valence-corrected chi connectivity index (χ1v) is 18.0. The van der Waals surface area contributed by atoms with Crippen LogP contribution in [0.4, 0.5) is 0 Å². The maximum absolute atomic E-state index is 13.8. The molecule has 3 saturated heterocycles. The first kappa shape index (κ1) is 36.3. The van der Waals surface area contributed by atoms with Gasteiger partial charge in [-0.3, -0.25) is 19.6 Å². The van der Waals surface area contributed by atoms with Crippen LogP contribution in [-0.2, 0) is 19.6 Å². The van der Waals surface area contributed by atoms with E-state index >= 15 is 0 Å². The molecule has 2 N–H and O–H groups in total. The summed E-state index contributed by atoms with van der Waals surface area (Å²) in [6.07, 6.45) is 3.51. The Balaban J connectivity index is 0.00000480. The van der Waals surface area contributed by atoms with E-state index in [9.17, 15) is 18.0 Å². The lowest BCUT2D eigenvalue weighted by molar-refractivity contribution is -0.162. The van der Waals surface area contributed by atoms with Crippen molar-refractivity contribution in [1.82, 2.24) is 34.5 Å². The van der Waals surface area contributed by atoms with Gasteiger partial charge in [-0.1, -0.05) is 39.3 Å². The van der Waals surface area contributed by atoms with Crippen molar-refractivity contribution in [3.8, 4) is 0 Å². The number of piperidine rings is 1. The molecule has 1 aromatic carbocycles. The predicted octanol–water partition coefficient (Wildman–Crippen LogP) is 3.48. The number of nitrogens with zero attached hydrogens (tertiary/aromatic N) is 5. The van der Waals surface area contributed by atoms with Gasteiger partial charge in [0, 0.05) is 57.1 Å². The summed E-state index contributed by atoms with van der Waals surface area (Å²) in [5.74, 6) is 0.308. The zero-order valence-corrected chi connectivity index (χ0v) is 29.8. The normalized spacial score (nSPS) is 22.2. The third-order valence-corrected chi connectivity index (χ3v) is 11.9. The van der Waals surface area contributed by atoms with Crippen LogP contribution in [0.2, 0.25) is 0 Å². The zero-order chi connectivity index (χ0) is 32.5. The van der Waals surface area contributed by atoms with E-state index in [0.29, 0.717) is 75.9 Å². The van der Waals surface area contributed by atoms with Crippen molar-refractivity contribution in [2.75, 3.05) is 52.9 Å². The molecule has 3 aliphatic rings. The number of unbranched alkanes of at least 4 members (excludes halogenated alkanes) is 1. The molecule has 0 aliphatic carbocycles. The Kier molecular flexibility index (Phi) is 11.6. The van der Waals surface area contributed by atoms with E-state index in [-0.39, 0.29) is 30.3 Å². The first-order chi connectivity index (χ1) is 21.4. The molecule has 3 aliphatic heterocycles. The Labute approximate surface area is 280 Å². The minimum Gasteiger partial charge on any atom is -0.342 e. The number of sulfonamides is 1. The Morgan fingerprint density at radius 1 is 1.00 bits per heavy atom. The van der Waals surface area contributed by atoms with Crippen LogP contribution in [-0.4, -0.2) is 114 Å². The Morgan fingerprint density at radius 2 is 1.63 bits per heavy atom. The number of carbonyl (C=O) groups excluding carboxylic acids is 2. The number of amides is 2. The Hall–Kier alpha value is -2.51. The molecule has 1 aromatic heterocycles. The number of halogens is 1. The molecule has 256 valence electrons. The number of H-pyrrole nitrogens is 1. The maximum atomic E-state index is 13.8. The van der Waals surface area contributed by atoms with Gasteiger partial charge < -0.3 is 15.1 Å². The first-order valence-electron chi connectivity index (χ1n) is 16.6. The van der Waals surface area contributed by atoms with Crippen LogP contribution >= 0.6 is 12.4 Å². The summed E-state index contributed by atoms with van der Waals surface area (Å²) in [5.41, 5.74) is 3.02. The summed E-state index contributed by atoms with van der Waals surface area (Å²) in [6.45, 7) is 14.4. The average molecular weight is 678 g/mol. The molecule has 0 saturated carbocycles. The van der Waals surface area contributed by atoms with Crippen molar-refractivity contribution >= 4 is 34.2 Å². The average Bonchev–Trinajstić information content (AvgIpc) is 3.34. The molecule has 46 heavy (non-hydrogen) atoms. The Morgan fingerprint density at radius 3 is 2.17 bits per heavy atom. The molecule has 2 amide bonds. The molecule has 2 aromatic rings. The smallest absolute Gasteiger partial charge is 0.246 e. The molecule has 13 heteroatoms. The van der Waals surface area contributed by atoms with Crippen LogP contribution in [0, 0.1) is 19.8 Å². The number of likely N-dealkylation sites (N-methyl/N-ethyl adjacent to an activating group) is 1. The minimum absolute atomic E-state index is 0. The molecule has 0 bridgehead atoms. The molecule has 4 heterocycles. The number of hydrogen-bond donors (Lipinski definition) is 2. The number of piperazine rings is 2. The van der Waals surface area contributed by atoms with E-state index < -0.39 is 21.6 Å². The molecule has 1 spiro atoms. The van der Waals surface area contributed by atoms with Crippen molar-refractivity contribution in [1.29, 1.82) is 0 Å². The molecule has 2 atom stereocenters. The highest BCUT2D eigenvalue weighted by atomic mass is 35.5. The van der Waals surface area contributed by atoms with Gasteiger partial charge in [-0.25, -0.2) is 8.42 Å². The van der Waals surface area contributed by atoms with Crippen LogP contribution in [0.5, 0.6) is 0 Å². The minimum atomic E-state index is -3.59. The lowest BCUT2D eigenvalue weighted by atomic mass is 9.79. The van der Waals surface area contributed by atoms with Crippen LogP contribution in [0.1, 0.15) is 81.4 Å². The standard InChI is InChI=1S/C33H51N7O4S.ClH/c1-7-8-15-40-31(41)28(22-23(2)3)34-32(42)33(40)13-16-38(17-14-33)30(29-24(4)35-36-25(29)5)26-9-11-27(12-10-26)45(43,44)39-20-18-37(6)19-21-39;/h9-12,23,28,30H,7-8,13-22H2,1-6H3,(H,34,42)(H,35,36);1H/t28-,30?;/m0./s1. The van der Waals surface area contributed by atoms with Gasteiger partial charge >= 0.3 is 0 Å². The van der Waals surface area contributed by atoms with Gasteiger partial charge in [0.2, 0.25) is 21.8 Å². The van der Waals surface area contributed by atoms with Gasteiger partial charge in [-0.15, -0.1) is 12.4 Å². The summed E-state index contributed by atoms with van der Waals surface area (Å²) in [7, 11) is -1.58. The lowest BCUT2D eigenvalue weighted by Crippen LogP contribution is -2.73. The second-order valence-electron chi connectivity index (χ2n) is 13.6. The van der Waals surface area contributed by atoms with Gasteiger partial charge in [-0.05, 0) is 70.2 Å². The summed E-state index contributed by atoms with van der Waals surface area (Å²) in [5, 5.41) is 10.7. The fourth-order valence-electron chi connectivity index (χ4n) is 7.32. The van der Waals surface area contributed by atoms with E-state index in [4.69, 9.17) is 0 Å². The number of nitrogens with one attached hydrogen (secondary N) is 2. The highest BCUT2D eigenvalue weighted by Crippen LogP contribution is 2.40. The van der Waals surface area contributed by atoms with Crippen molar-refractivity contribution in [2.45, 2.75) is 89.2 Å². The zero-order valence-electron chi connectivity index (χ0n) is 28.2.